The lowest BCUT2D eigenvalue weighted by atomic mass is 10.1. The van der Waals surface area contributed by atoms with Gasteiger partial charge in [-0.15, -0.1) is 11.3 Å². The van der Waals surface area contributed by atoms with Gasteiger partial charge in [-0.05, 0) is 48.9 Å². The fourth-order valence-corrected chi connectivity index (χ4v) is 3.88. The Morgan fingerprint density at radius 1 is 1.11 bits per heavy atom. The van der Waals surface area contributed by atoms with E-state index in [4.69, 9.17) is 4.74 Å². The van der Waals surface area contributed by atoms with E-state index >= 15 is 0 Å². The van der Waals surface area contributed by atoms with Crippen LogP contribution in [0.2, 0.25) is 0 Å². The minimum absolute atomic E-state index is 0.0777. The van der Waals surface area contributed by atoms with Gasteiger partial charge in [0.25, 0.3) is 5.91 Å². The molecule has 3 amide bonds. The molecular formula is C20H23N3O3S. The summed E-state index contributed by atoms with van der Waals surface area (Å²) in [7, 11) is 0. The van der Waals surface area contributed by atoms with Gasteiger partial charge >= 0.3 is 6.03 Å². The topological polar surface area (TPSA) is 70.7 Å². The van der Waals surface area contributed by atoms with Crippen LogP contribution in [-0.4, -0.2) is 42.6 Å². The molecule has 4 rings (SSSR count). The van der Waals surface area contributed by atoms with Crippen LogP contribution in [0.5, 0.6) is 0 Å². The van der Waals surface area contributed by atoms with Gasteiger partial charge in [-0.25, -0.2) is 4.79 Å². The van der Waals surface area contributed by atoms with Gasteiger partial charge in [0.05, 0.1) is 11.5 Å². The summed E-state index contributed by atoms with van der Waals surface area (Å²) in [5.74, 6) is 0.280. The van der Waals surface area contributed by atoms with E-state index in [1.54, 1.807) is 12.1 Å². The van der Waals surface area contributed by atoms with Crippen LogP contribution in [0.15, 0.2) is 41.8 Å². The van der Waals surface area contributed by atoms with Crippen LogP contribution < -0.4 is 10.6 Å². The molecule has 142 valence electrons. The van der Waals surface area contributed by atoms with E-state index in [1.807, 2.05) is 34.5 Å². The van der Waals surface area contributed by atoms with E-state index in [9.17, 15) is 9.59 Å². The van der Waals surface area contributed by atoms with Crippen molar-refractivity contribution >= 4 is 34.6 Å². The SMILES string of the molecule is O=C(Nc1cccc(NC(=O)N(CC2CCOC2)C2CC2)c1)c1cccs1. The molecule has 0 radical (unpaired) electrons. The largest absolute Gasteiger partial charge is 0.381 e. The minimum Gasteiger partial charge on any atom is -0.381 e. The highest BCUT2D eigenvalue weighted by Gasteiger charge is 2.34. The van der Waals surface area contributed by atoms with Gasteiger partial charge in [-0.2, -0.15) is 0 Å². The van der Waals surface area contributed by atoms with Crippen molar-refractivity contribution in [2.24, 2.45) is 5.92 Å². The quantitative estimate of drug-likeness (QED) is 0.789. The van der Waals surface area contributed by atoms with E-state index in [2.05, 4.69) is 10.6 Å². The minimum atomic E-state index is -0.144. The third-order valence-electron chi connectivity index (χ3n) is 4.84. The van der Waals surface area contributed by atoms with Crippen molar-refractivity contribution in [2.75, 3.05) is 30.4 Å². The van der Waals surface area contributed by atoms with Gasteiger partial charge in [0.1, 0.15) is 0 Å². The first-order chi connectivity index (χ1) is 13.2. The van der Waals surface area contributed by atoms with Crippen molar-refractivity contribution in [3.8, 4) is 0 Å². The summed E-state index contributed by atoms with van der Waals surface area (Å²) in [6, 6.07) is 11.2. The molecule has 2 heterocycles. The zero-order valence-corrected chi connectivity index (χ0v) is 15.8. The predicted octanol–water partition coefficient (Wildman–Crippen LogP) is 4.03. The molecule has 0 spiro atoms. The zero-order chi connectivity index (χ0) is 18.6. The Labute approximate surface area is 162 Å². The van der Waals surface area contributed by atoms with Gasteiger partial charge < -0.3 is 20.3 Å². The van der Waals surface area contributed by atoms with Gasteiger partial charge in [-0.3, -0.25) is 4.79 Å². The molecule has 2 fully saturated rings. The Hall–Kier alpha value is -2.38. The van der Waals surface area contributed by atoms with Crippen LogP contribution >= 0.6 is 11.3 Å². The number of nitrogens with zero attached hydrogens (tertiary/aromatic N) is 1. The summed E-state index contributed by atoms with van der Waals surface area (Å²) >= 11 is 1.40. The summed E-state index contributed by atoms with van der Waals surface area (Å²) in [5.41, 5.74) is 1.34. The number of ether oxygens (including phenoxy) is 1. The number of carbonyl (C=O) groups is 2. The highest BCUT2D eigenvalue weighted by Crippen LogP contribution is 2.30. The molecule has 1 aromatic carbocycles. The fraction of sp³-hybridized carbons (Fsp3) is 0.400. The Morgan fingerprint density at radius 2 is 1.93 bits per heavy atom. The second kappa shape index (κ2) is 8.10. The molecule has 7 heteroatoms. The number of nitrogens with one attached hydrogen (secondary N) is 2. The molecule has 6 nitrogen and oxygen atoms in total. The van der Waals surface area contributed by atoms with E-state index in [-0.39, 0.29) is 11.9 Å². The number of hydrogen-bond acceptors (Lipinski definition) is 4. The van der Waals surface area contributed by atoms with E-state index in [0.29, 0.717) is 28.2 Å². The smallest absolute Gasteiger partial charge is 0.322 e. The second-order valence-electron chi connectivity index (χ2n) is 7.06. The van der Waals surface area contributed by atoms with Crippen LogP contribution in [0.25, 0.3) is 0 Å². The lowest BCUT2D eigenvalue weighted by Gasteiger charge is -2.25. The summed E-state index contributed by atoms with van der Waals surface area (Å²) in [5, 5.41) is 7.72. The zero-order valence-electron chi connectivity index (χ0n) is 15.0. The summed E-state index contributed by atoms with van der Waals surface area (Å²) in [4.78, 5) is 27.6. The number of benzene rings is 1. The molecule has 1 aromatic heterocycles. The lowest BCUT2D eigenvalue weighted by molar-refractivity contribution is 0.103. The standard InChI is InChI=1S/C20H23N3O3S/c24-19(18-5-2-10-27-18)21-15-3-1-4-16(11-15)22-20(25)23(17-6-7-17)12-14-8-9-26-13-14/h1-5,10-11,14,17H,6-9,12-13H2,(H,21,24)(H,22,25). The summed E-state index contributed by atoms with van der Waals surface area (Å²) in [6.45, 7) is 2.27. The van der Waals surface area contributed by atoms with Gasteiger partial charge in [-0.1, -0.05) is 12.1 Å². The first-order valence-electron chi connectivity index (χ1n) is 9.29. The highest BCUT2D eigenvalue weighted by atomic mass is 32.1. The molecule has 1 saturated carbocycles. The van der Waals surface area contributed by atoms with Crippen LogP contribution in [0.1, 0.15) is 28.9 Å². The molecule has 1 saturated heterocycles. The molecule has 2 aromatic rings. The normalized spacial score (nSPS) is 18.9. The van der Waals surface area contributed by atoms with Gasteiger partial charge in [0.2, 0.25) is 0 Å². The Balaban J connectivity index is 1.39. The number of thiophene rings is 1. The van der Waals surface area contributed by atoms with Crippen molar-refractivity contribution < 1.29 is 14.3 Å². The molecule has 1 atom stereocenters. The molecule has 1 aliphatic heterocycles. The number of carbonyl (C=O) groups excluding carboxylic acids is 2. The Bertz CT molecular complexity index is 799. The monoisotopic (exact) mass is 385 g/mol. The average molecular weight is 385 g/mol. The molecule has 27 heavy (non-hydrogen) atoms. The molecule has 0 bridgehead atoms. The maximum Gasteiger partial charge on any atom is 0.322 e. The van der Waals surface area contributed by atoms with E-state index in [0.717, 1.165) is 39.0 Å². The average Bonchev–Trinajstić information content (AvgIpc) is 3.12. The summed E-state index contributed by atoms with van der Waals surface area (Å²) < 4.78 is 5.44. The number of rotatable bonds is 6. The van der Waals surface area contributed by atoms with Crippen LogP contribution in [0.3, 0.4) is 0 Å². The predicted molar refractivity (Wildman–Crippen MR) is 106 cm³/mol. The Morgan fingerprint density at radius 3 is 2.59 bits per heavy atom. The van der Waals surface area contributed by atoms with Crippen LogP contribution in [-0.2, 0) is 4.74 Å². The van der Waals surface area contributed by atoms with Crippen molar-refractivity contribution in [1.29, 1.82) is 0 Å². The van der Waals surface area contributed by atoms with E-state index < -0.39 is 0 Å². The molecule has 1 aliphatic carbocycles. The van der Waals surface area contributed by atoms with Crippen molar-refractivity contribution in [3.63, 3.8) is 0 Å². The van der Waals surface area contributed by atoms with Crippen molar-refractivity contribution in [1.82, 2.24) is 4.90 Å². The van der Waals surface area contributed by atoms with Crippen molar-refractivity contribution in [2.45, 2.75) is 25.3 Å². The van der Waals surface area contributed by atoms with Gasteiger partial charge in [0.15, 0.2) is 0 Å². The molecule has 2 N–H and O–H groups in total. The summed E-state index contributed by atoms with van der Waals surface area (Å²) in [6.07, 6.45) is 3.15. The number of anilines is 2. The second-order valence-corrected chi connectivity index (χ2v) is 8.00. The van der Waals surface area contributed by atoms with E-state index in [1.165, 1.54) is 11.3 Å². The van der Waals surface area contributed by atoms with Crippen LogP contribution in [0.4, 0.5) is 16.2 Å². The van der Waals surface area contributed by atoms with Gasteiger partial charge in [0, 0.05) is 36.5 Å². The lowest BCUT2D eigenvalue weighted by Crippen LogP contribution is -2.40. The maximum absolute atomic E-state index is 12.8. The first kappa shape index (κ1) is 18.0. The number of amides is 3. The van der Waals surface area contributed by atoms with Crippen LogP contribution in [0, 0.1) is 5.92 Å². The third kappa shape index (κ3) is 4.67. The number of urea groups is 1. The third-order valence-corrected chi connectivity index (χ3v) is 5.71. The molecule has 1 unspecified atom stereocenters. The molecule has 2 aliphatic rings. The van der Waals surface area contributed by atoms with Crippen molar-refractivity contribution in [3.05, 3.63) is 46.7 Å². The fourth-order valence-electron chi connectivity index (χ4n) is 3.26. The Kier molecular flexibility index (Phi) is 5.40. The molecular weight excluding hydrogens is 362 g/mol. The first-order valence-corrected chi connectivity index (χ1v) is 10.2. The number of hydrogen-bond donors (Lipinski definition) is 2. The highest BCUT2D eigenvalue weighted by molar-refractivity contribution is 7.12. The maximum atomic E-state index is 12.8.